The lowest BCUT2D eigenvalue weighted by Crippen LogP contribution is -2.34. The van der Waals surface area contributed by atoms with Crippen molar-refractivity contribution in [3.05, 3.63) is 28.8 Å². The Morgan fingerprint density at radius 2 is 2.05 bits per heavy atom. The Bertz CT molecular complexity index is 477. The Hall–Kier alpha value is -1.27. The maximum absolute atomic E-state index is 12.7. The Labute approximate surface area is 120 Å². The number of carbonyl (C=O) groups is 1. The molecule has 0 aliphatic rings. The highest BCUT2D eigenvalue weighted by Gasteiger charge is 2.33. The van der Waals surface area contributed by atoms with Crippen molar-refractivity contribution in [3.63, 3.8) is 0 Å². The number of hydrogen-bond donors (Lipinski definition) is 2. The van der Waals surface area contributed by atoms with Crippen molar-refractivity contribution in [3.8, 4) is 0 Å². The highest BCUT2D eigenvalue weighted by Crippen LogP contribution is 2.36. The number of hydrogen-bond acceptors (Lipinski definition) is 2. The molecule has 0 radical (unpaired) electrons. The van der Waals surface area contributed by atoms with Crippen molar-refractivity contribution in [2.45, 2.75) is 32.5 Å². The summed E-state index contributed by atoms with van der Waals surface area (Å²) in [6, 6.07) is 3.43. The summed E-state index contributed by atoms with van der Waals surface area (Å²) in [5.41, 5.74) is -0.899. The second-order valence-electron chi connectivity index (χ2n) is 4.43. The van der Waals surface area contributed by atoms with Crippen LogP contribution in [0.25, 0.3) is 0 Å². The van der Waals surface area contributed by atoms with Gasteiger partial charge in [-0.2, -0.15) is 13.2 Å². The fraction of sp³-hybridized carbons (Fsp3) is 0.462. The normalized spacial score (nSPS) is 13.1. The molecule has 1 aromatic carbocycles. The molecule has 0 saturated heterocycles. The minimum Gasteiger partial charge on any atom is -0.325 e. The highest BCUT2D eigenvalue weighted by molar-refractivity contribution is 6.31. The standard InChI is InChI=1S/C13H16ClF3N2O/c1-3-8(2)18-7-12(20)19-9-4-5-11(14)10(6-9)13(15,16)17/h4-6,8,18H,3,7H2,1-2H3,(H,19,20). The molecule has 0 spiro atoms. The van der Waals surface area contributed by atoms with Gasteiger partial charge in [0.05, 0.1) is 17.1 Å². The Morgan fingerprint density at radius 1 is 1.40 bits per heavy atom. The lowest BCUT2D eigenvalue weighted by molar-refractivity contribution is -0.137. The van der Waals surface area contributed by atoms with Crippen LogP contribution in [0.2, 0.25) is 5.02 Å². The first-order chi connectivity index (χ1) is 9.24. The molecule has 0 aliphatic heterocycles. The van der Waals surface area contributed by atoms with Crippen LogP contribution in [0.15, 0.2) is 18.2 Å². The molecule has 3 nitrogen and oxygen atoms in total. The number of rotatable bonds is 5. The predicted octanol–water partition coefficient (Wildman–Crippen LogP) is 3.69. The molecule has 2 N–H and O–H groups in total. The van der Waals surface area contributed by atoms with E-state index >= 15 is 0 Å². The van der Waals surface area contributed by atoms with E-state index in [0.717, 1.165) is 18.6 Å². The van der Waals surface area contributed by atoms with Crippen molar-refractivity contribution < 1.29 is 18.0 Å². The van der Waals surface area contributed by atoms with Crippen LogP contribution in [-0.2, 0) is 11.0 Å². The third kappa shape index (κ3) is 5.02. The largest absolute Gasteiger partial charge is 0.417 e. The molecular weight excluding hydrogens is 293 g/mol. The van der Waals surface area contributed by atoms with Crippen LogP contribution in [0, 0.1) is 0 Å². The van der Waals surface area contributed by atoms with Crippen molar-refractivity contribution in [1.29, 1.82) is 0 Å². The quantitative estimate of drug-likeness (QED) is 0.871. The molecule has 7 heteroatoms. The topological polar surface area (TPSA) is 41.1 Å². The van der Waals surface area contributed by atoms with Gasteiger partial charge in [0.25, 0.3) is 0 Å². The number of anilines is 1. The molecule has 1 unspecified atom stereocenters. The SMILES string of the molecule is CCC(C)NCC(=O)Nc1ccc(Cl)c(C(F)(F)F)c1. The Kier molecular flexibility index (Phi) is 5.83. The van der Waals surface area contributed by atoms with E-state index in [4.69, 9.17) is 11.6 Å². The van der Waals surface area contributed by atoms with Gasteiger partial charge in [-0.25, -0.2) is 0 Å². The second-order valence-corrected chi connectivity index (χ2v) is 4.84. The third-order valence-electron chi connectivity index (χ3n) is 2.78. The van der Waals surface area contributed by atoms with Crippen LogP contribution < -0.4 is 10.6 Å². The molecule has 0 aliphatic carbocycles. The first-order valence-electron chi connectivity index (χ1n) is 6.14. The lowest BCUT2D eigenvalue weighted by Gasteiger charge is -2.13. The van der Waals surface area contributed by atoms with Crippen LogP contribution in [0.1, 0.15) is 25.8 Å². The van der Waals surface area contributed by atoms with E-state index in [0.29, 0.717) is 0 Å². The smallest absolute Gasteiger partial charge is 0.325 e. The fourth-order valence-corrected chi connectivity index (χ4v) is 1.66. The summed E-state index contributed by atoms with van der Waals surface area (Å²) in [6.45, 7) is 3.92. The summed E-state index contributed by atoms with van der Waals surface area (Å²) >= 11 is 5.49. The summed E-state index contributed by atoms with van der Waals surface area (Å²) in [4.78, 5) is 11.6. The number of nitrogens with one attached hydrogen (secondary N) is 2. The summed E-state index contributed by atoms with van der Waals surface area (Å²) < 4.78 is 38.0. The molecule has 0 heterocycles. The minimum absolute atomic E-state index is 0.0407. The molecule has 0 aromatic heterocycles. The van der Waals surface area contributed by atoms with E-state index in [1.807, 2.05) is 13.8 Å². The van der Waals surface area contributed by atoms with Crippen LogP contribution in [0.4, 0.5) is 18.9 Å². The monoisotopic (exact) mass is 308 g/mol. The summed E-state index contributed by atoms with van der Waals surface area (Å²) in [6.07, 6.45) is -3.70. The zero-order valence-corrected chi connectivity index (χ0v) is 11.9. The van der Waals surface area contributed by atoms with E-state index in [-0.39, 0.29) is 18.3 Å². The van der Waals surface area contributed by atoms with Gasteiger partial charge in [0, 0.05) is 11.7 Å². The molecule has 0 fully saturated rings. The van der Waals surface area contributed by atoms with Crippen LogP contribution >= 0.6 is 11.6 Å². The molecular formula is C13H16ClF3N2O. The van der Waals surface area contributed by atoms with E-state index in [2.05, 4.69) is 10.6 Å². The van der Waals surface area contributed by atoms with Crippen LogP contribution in [-0.4, -0.2) is 18.5 Å². The molecule has 1 atom stereocenters. The summed E-state index contributed by atoms with van der Waals surface area (Å²) in [7, 11) is 0. The van der Waals surface area contributed by atoms with Gasteiger partial charge in [-0.3, -0.25) is 4.79 Å². The zero-order chi connectivity index (χ0) is 15.3. The van der Waals surface area contributed by atoms with Crippen LogP contribution in [0.3, 0.4) is 0 Å². The average Bonchev–Trinajstić information content (AvgIpc) is 2.37. The highest BCUT2D eigenvalue weighted by atomic mass is 35.5. The maximum Gasteiger partial charge on any atom is 0.417 e. The van der Waals surface area contributed by atoms with Gasteiger partial charge in [-0.05, 0) is 31.5 Å². The Morgan fingerprint density at radius 3 is 2.60 bits per heavy atom. The molecule has 112 valence electrons. The third-order valence-corrected chi connectivity index (χ3v) is 3.11. The van der Waals surface area contributed by atoms with Crippen molar-refractivity contribution >= 4 is 23.2 Å². The number of amides is 1. The van der Waals surface area contributed by atoms with E-state index in [1.54, 1.807) is 0 Å². The first kappa shape index (κ1) is 16.8. The average molecular weight is 309 g/mol. The van der Waals surface area contributed by atoms with Gasteiger partial charge in [0.1, 0.15) is 0 Å². The summed E-state index contributed by atoms with van der Waals surface area (Å²) in [5, 5.41) is 4.95. The minimum atomic E-state index is -4.55. The molecule has 0 saturated carbocycles. The van der Waals surface area contributed by atoms with Crippen molar-refractivity contribution in [1.82, 2.24) is 5.32 Å². The molecule has 20 heavy (non-hydrogen) atoms. The first-order valence-corrected chi connectivity index (χ1v) is 6.51. The number of benzene rings is 1. The Balaban J connectivity index is 2.71. The van der Waals surface area contributed by atoms with Crippen molar-refractivity contribution in [2.75, 3.05) is 11.9 Å². The number of alkyl halides is 3. The zero-order valence-electron chi connectivity index (χ0n) is 11.1. The van der Waals surface area contributed by atoms with Crippen molar-refractivity contribution in [2.24, 2.45) is 0 Å². The van der Waals surface area contributed by atoms with E-state index < -0.39 is 22.7 Å². The molecule has 1 rings (SSSR count). The second kappa shape index (κ2) is 6.95. The number of halogens is 4. The van der Waals surface area contributed by atoms with E-state index in [9.17, 15) is 18.0 Å². The fourth-order valence-electron chi connectivity index (χ4n) is 1.44. The van der Waals surface area contributed by atoms with Gasteiger partial charge >= 0.3 is 6.18 Å². The van der Waals surface area contributed by atoms with Gasteiger partial charge in [0.15, 0.2) is 0 Å². The van der Waals surface area contributed by atoms with E-state index in [1.165, 1.54) is 6.07 Å². The molecule has 0 bridgehead atoms. The van der Waals surface area contributed by atoms with Gasteiger partial charge in [-0.15, -0.1) is 0 Å². The predicted molar refractivity (Wildman–Crippen MR) is 72.8 cm³/mol. The van der Waals surface area contributed by atoms with Gasteiger partial charge in [-0.1, -0.05) is 18.5 Å². The molecule has 1 aromatic rings. The van der Waals surface area contributed by atoms with Gasteiger partial charge in [0.2, 0.25) is 5.91 Å². The maximum atomic E-state index is 12.7. The van der Waals surface area contributed by atoms with Crippen LogP contribution in [0.5, 0.6) is 0 Å². The molecule has 1 amide bonds. The van der Waals surface area contributed by atoms with Gasteiger partial charge < -0.3 is 10.6 Å². The number of carbonyl (C=O) groups excluding carboxylic acids is 1. The summed E-state index contributed by atoms with van der Waals surface area (Å²) in [5.74, 6) is -0.402. The lowest BCUT2D eigenvalue weighted by atomic mass is 10.2.